The number of nitrogens with zero attached hydrogens (tertiary/aromatic N) is 2. The van der Waals surface area contributed by atoms with Crippen LogP contribution >= 0.6 is 11.3 Å². The smallest absolute Gasteiger partial charge is 0.325 e. The predicted molar refractivity (Wildman–Crippen MR) is 100 cm³/mol. The van der Waals surface area contributed by atoms with Crippen LogP contribution in [0.3, 0.4) is 0 Å². The second kappa shape index (κ2) is 7.05. The van der Waals surface area contributed by atoms with Gasteiger partial charge in [0.2, 0.25) is 4.80 Å². The lowest BCUT2D eigenvalue weighted by Crippen LogP contribution is -2.22. The highest BCUT2D eigenvalue weighted by molar-refractivity contribution is 7.90. The Morgan fingerprint density at radius 2 is 1.77 bits per heavy atom. The van der Waals surface area contributed by atoms with Gasteiger partial charge in [0, 0.05) is 0 Å². The number of methoxy groups -OCH3 is 1. The van der Waals surface area contributed by atoms with Crippen LogP contribution in [0.1, 0.15) is 11.1 Å². The minimum Gasteiger partial charge on any atom is -0.468 e. The number of rotatable bonds is 4. The SMILES string of the molecule is COC(=O)Cn1/c(=N/S(=O)(=O)c2ccc(C)cc2)sc2cc(C)ccc21. The first-order valence-corrected chi connectivity index (χ1v) is 10.1. The molecular formula is C18H18N2O4S2. The van der Waals surface area contributed by atoms with E-state index < -0.39 is 16.0 Å². The number of ether oxygens (including phenoxy) is 1. The molecule has 0 spiro atoms. The van der Waals surface area contributed by atoms with Gasteiger partial charge in [-0.1, -0.05) is 35.1 Å². The van der Waals surface area contributed by atoms with E-state index in [0.29, 0.717) is 0 Å². The number of aromatic nitrogens is 1. The van der Waals surface area contributed by atoms with Crippen molar-refractivity contribution in [1.29, 1.82) is 0 Å². The third-order valence-corrected chi connectivity index (χ3v) is 6.31. The number of hydrogen-bond donors (Lipinski definition) is 0. The zero-order chi connectivity index (χ0) is 18.9. The Morgan fingerprint density at radius 3 is 2.42 bits per heavy atom. The van der Waals surface area contributed by atoms with Crippen molar-refractivity contribution in [2.45, 2.75) is 25.3 Å². The van der Waals surface area contributed by atoms with Crippen molar-refractivity contribution < 1.29 is 17.9 Å². The fourth-order valence-electron chi connectivity index (χ4n) is 2.46. The molecule has 0 saturated carbocycles. The zero-order valence-electron chi connectivity index (χ0n) is 14.6. The summed E-state index contributed by atoms with van der Waals surface area (Å²) in [6, 6.07) is 12.2. The molecule has 136 valence electrons. The van der Waals surface area contributed by atoms with Gasteiger partial charge in [0.25, 0.3) is 10.0 Å². The molecule has 0 N–H and O–H groups in total. The van der Waals surface area contributed by atoms with Gasteiger partial charge in [-0.05, 0) is 43.7 Å². The van der Waals surface area contributed by atoms with Gasteiger partial charge in [-0.15, -0.1) is 4.40 Å². The number of sulfonamides is 1. The van der Waals surface area contributed by atoms with Gasteiger partial charge in [-0.2, -0.15) is 8.42 Å². The van der Waals surface area contributed by atoms with Gasteiger partial charge in [0.1, 0.15) is 6.54 Å². The van der Waals surface area contributed by atoms with Gasteiger partial charge in [0.15, 0.2) is 0 Å². The maximum Gasteiger partial charge on any atom is 0.325 e. The fraction of sp³-hybridized carbons (Fsp3) is 0.222. The number of fused-ring (bicyclic) bond motifs is 1. The van der Waals surface area contributed by atoms with Crippen LogP contribution in [0, 0.1) is 13.8 Å². The number of esters is 1. The van der Waals surface area contributed by atoms with Crippen LogP contribution in [-0.2, 0) is 26.1 Å². The van der Waals surface area contributed by atoms with Gasteiger partial charge >= 0.3 is 5.97 Å². The third-order valence-electron chi connectivity index (χ3n) is 3.87. The van der Waals surface area contributed by atoms with E-state index in [2.05, 4.69) is 4.40 Å². The molecule has 0 bridgehead atoms. The van der Waals surface area contributed by atoms with Crippen LogP contribution in [0.4, 0.5) is 0 Å². The highest BCUT2D eigenvalue weighted by Crippen LogP contribution is 2.20. The average molecular weight is 390 g/mol. The Bertz CT molecular complexity index is 1140. The molecule has 6 nitrogen and oxygen atoms in total. The molecule has 0 radical (unpaired) electrons. The van der Waals surface area contributed by atoms with Gasteiger partial charge in [-0.25, -0.2) is 0 Å². The summed E-state index contributed by atoms with van der Waals surface area (Å²) in [5.41, 5.74) is 2.74. The van der Waals surface area contributed by atoms with E-state index in [0.717, 1.165) is 21.3 Å². The van der Waals surface area contributed by atoms with Crippen molar-refractivity contribution in [3.63, 3.8) is 0 Å². The molecule has 0 aliphatic rings. The Morgan fingerprint density at radius 1 is 1.12 bits per heavy atom. The first-order chi connectivity index (χ1) is 12.3. The normalized spacial score (nSPS) is 12.5. The second-order valence-electron chi connectivity index (χ2n) is 5.90. The molecule has 26 heavy (non-hydrogen) atoms. The first kappa shape index (κ1) is 18.3. The van der Waals surface area contributed by atoms with E-state index in [1.807, 2.05) is 32.0 Å². The first-order valence-electron chi connectivity index (χ1n) is 7.84. The molecule has 1 aromatic heterocycles. The zero-order valence-corrected chi connectivity index (χ0v) is 16.2. The maximum absolute atomic E-state index is 12.7. The van der Waals surface area contributed by atoms with Crippen molar-refractivity contribution in [2.75, 3.05) is 7.11 Å². The molecule has 0 aliphatic carbocycles. The molecule has 2 aromatic carbocycles. The number of carbonyl (C=O) groups excluding carboxylic acids is 1. The van der Waals surface area contributed by atoms with Crippen LogP contribution < -0.4 is 4.80 Å². The summed E-state index contributed by atoms with van der Waals surface area (Å²) < 4.78 is 36.5. The molecule has 0 aliphatic heterocycles. The van der Waals surface area contributed by atoms with E-state index in [1.165, 1.54) is 30.6 Å². The van der Waals surface area contributed by atoms with Crippen molar-refractivity contribution in [3.8, 4) is 0 Å². The van der Waals surface area contributed by atoms with Crippen molar-refractivity contribution in [3.05, 3.63) is 58.4 Å². The average Bonchev–Trinajstić information content (AvgIpc) is 2.90. The van der Waals surface area contributed by atoms with E-state index in [-0.39, 0.29) is 16.2 Å². The third kappa shape index (κ3) is 3.71. The summed E-state index contributed by atoms with van der Waals surface area (Å²) in [5, 5.41) is 0. The lowest BCUT2D eigenvalue weighted by atomic mass is 10.2. The standard InChI is InChI=1S/C18H18N2O4S2/c1-12-4-7-14(8-5-12)26(22,23)19-18-20(11-17(21)24-3)15-9-6-13(2)10-16(15)25-18/h4-10H,11H2,1-3H3/b19-18-. The Kier molecular flexibility index (Phi) is 4.97. The van der Waals surface area contributed by atoms with E-state index in [4.69, 9.17) is 4.74 Å². The van der Waals surface area contributed by atoms with Crippen LogP contribution in [0.2, 0.25) is 0 Å². The van der Waals surface area contributed by atoms with E-state index in [9.17, 15) is 13.2 Å². The molecule has 3 aromatic rings. The lowest BCUT2D eigenvalue weighted by molar-refractivity contribution is -0.141. The van der Waals surface area contributed by atoms with Crippen LogP contribution in [0.5, 0.6) is 0 Å². The predicted octanol–water partition coefficient (Wildman–Crippen LogP) is 2.78. The number of hydrogen-bond acceptors (Lipinski definition) is 5. The highest BCUT2D eigenvalue weighted by Gasteiger charge is 2.16. The highest BCUT2D eigenvalue weighted by atomic mass is 32.2. The lowest BCUT2D eigenvalue weighted by Gasteiger charge is -2.04. The van der Waals surface area contributed by atoms with Crippen LogP contribution in [-0.4, -0.2) is 26.1 Å². The summed E-state index contributed by atoms with van der Waals surface area (Å²) in [4.78, 5) is 12.1. The molecule has 8 heteroatoms. The Balaban J connectivity index is 2.22. The monoisotopic (exact) mass is 390 g/mol. The Hall–Kier alpha value is -2.45. The number of aryl methyl sites for hydroxylation is 2. The Labute approximate surface area is 155 Å². The number of carbonyl (C=O) groups is 1. The maximum atomic E-state index is 12.7. The molecule has 3 rings (SSSR count). The molecule has 0 unspecified atom stereocenters. The molecule has 1 heterocycles. The van der Waals surface area contributed by atoms with Crippen molar-refractivity contribution >= 4 is 37.5 Å². The second-order valence-corrected chi connectivity index (χ2v) is 8.51. The summed E-state index contributed by atoms with van der Waals surface area (Å²) in [7, 11) is -2.60. The van der Waals surface area contributed by atoms with Crippen molar-refractivity contribution in [2.24, 2.45) is 4.40 Å². The molecule has 0 amide bonds. The minimum absolute atomic E-state index is 0.109. The largest absolute Gasteiger partial charge is 0.468 e. The van der Waals surface area contributed by atoms with Crippen molar-refractivity contribution in [1.82, 2.24) is 4.57 Å². The number of thiazole rings is 1. The minimum atomic E-state index is -3.89. The quantitative estimate of drug-likeness (QED) is 0.642. The fourth-order valence-corrected chi connectivity index (χ4v) is 4.79. The summed E-state index contributed by atoms with van der Waals surface area (Å²) >= 11 is 1.22. The molecule has 0 fully saturated rings. The van der Waals surface area contributed by atoms with Crippen LogP contribution in [0.25, 0.3) is 10.2 Å². The van der Waals surface area contributed by atoms with E-state index >= 15 is 0 Å². The van der Waals surface area contributed by atoms with Crippen LogP contribution in [0.15, 0.2) is 51.8 Å². The molecule has 0 atom stereocenters. The number of benzene rings is 2. The molecule has 0 saturated heterocycles. The van der Waals surface area contributed by atoms with Gasteiger partial charge < -0.3 is 9.30 Å². The van der Waals surface area contributed by atoms with E-state index in [1.54, 1.807) is 16.7 Å². The summed E-state index contributed by atoms with van der Waals surface area (Å²) in [6.07, 6.45) is 0. The summed E-state index contributed by atoms with van der Waals surface area (Å²) in [5.74, 6) is -0.473. The van der Waals surface area contributed by atoms with Gasteiger partial charge in [0.05, 0.1) is 22.2 Å². The summed E-state index contributed by atoms with van der Waals surface area (Å²) in [6.45, 7) is 3.72. The topological polar surface area (TPSA) is 77.7 Å². The molecular weight excluding hydrogens is 372 g/mol. The van der Waals surface area contributed by atoms with Gasteiger partial charge in [-0.3, -0.25) is 4.79 Å².